The summed E-state index contributed by atoms with van der Waals surface area (Å²) < 4.78 is 0. The van der Waals surface area contributed by atoms with E-state index in [4.69, 9.17) is 0 Å². The summed E-state index contributed by atoms with van der Waals surface area (Å²) in [5, 5.41) is 12.6. The lowest BCUT2D eigenvalue weighted by Gasteiger charge is -2.31. The van der Waals surface area contributed by atoms with Gasteiger partial charge in [-0.15, -0.1) is 0 Å². The third kappa shape index (κ3) is 5.78. The van der Waals surface area contributed by atoms with Crippen molar-refractivity contribution in [3.8, 4) is 0 Å². The van der Waals surface area contributed by atoms with E-state index in [-0.39, 0.29) is 0 Å². The fourth-order valence-corrected chi connectivity index (χ4v) is 9.34. The van der Waals surface area contributed by atoms with E-state index in [1.807, 2.05) is 0 Å². The Kier molecular flexibility index (Phi) is 8.68. The molecule has 2 nitrogen and oxygen atoms in total. The number of aryl methyl sites for hydroxylation is 2. The molecule has 0 radical (unpaired) electrons. The Morgan fingerprint density at radius 2 is 0.707 bits per heavy atom. The highest BCUT2D eigenvalue weighted by Crippen LogP contribution is 2.50. The van der Waals surface area contributed by atoms with E-state index in [0.29, 0.717) is 11.8 Å². The first-order chi connectivity index (χ1) is 28.3. The molecule has 58 heavy (non-hydrogen) atoms. The number of benzene rings is 10. The van der Waals surface area contributed by atoms with E-state index in [1.165, 1.54) is 110 Å². The van der Waals surface area contributed by atoms with Gasteiger partial charge in [0.25, 0.3) is 0 Å². The van der Waals surface area contributed by atoms with Crippen LogP contribution in [0.15, 0.2) is 170 Å². The number of fused-ring (bicyclic) bond motifs is 2. The van der Waals surface area contributed by atoms with Gasteiger partial charge in [0.05, 0.1) is 22.7 Å². The van der Waals surface area contributed by atoms with Gasteiger partial charge in [-0.1, -0.05) is 149 Å². The zero-order chi connectivity index (χ0) is 39.7. The van der Waals surface area contributed by atoms with Crippen molar-refractivity contribution in [1.82, 2.24) is 0 Å². The van der Waals surface area contributed by atoms with Gasteiger partial charge < -0.3 is 9.80 Å². The molecule has 0 spiro atoms. The van der Waals surface area contributed by atoms with Gasteiger partial charge in [0, 0.05) is 32.9 Å². The summed E-state index contributed by atoms with van der Waals surface area (Å²) >= 11 is 0. The van der Waals surface area contributed by atoms with Gasteiger partial charge in [0.2, 0.25) is 0 Å². The molecule has 0 saturated heterocycles. The van der Waals surface area contributed by atoms with Gasteiger partial charge in [-0.05, 0) is 129 Å². The minimum absolute atomic E-state index is 0.407. The van der Waals surface area contributed by atoms with Crippen molar-refractivity contribution in [3.05, 3.63) is 192 Å². The lowest BCUT2D eigenvalue weighted by Crippen LogP contribution is -2.13. The molecule has 0 amide bonds. The summed E-state index contributed by atoms with van der Waals surface area (Å²) in [7, 11) is 0. The Balaban J connectivity index is 1.30. The Hall–Kier alpha value is -6.64. The second kappa shape index (κ2) is 14.1. The zero-order valence-corrected chi connectivity index (χ0v) is 34.2. The fraction of sp³-hybridized carbons (Fsp3) is 0.143. The van der Waals surface area contributed by atoms with Crippen molar-refractivity contribution in [2.45, 2.75) is 53.4 Å². The lowest BCUT2D eigenvalue weighted by molar-refractivity contribution is 0.866. The molecule has 10 aromatic rings. The molecule has 0 bridgehead atoms. The van der Waals surface area contributed by atoms with Crippen molar-refractivity contribution >= 4 is 88.0 Å². The molecule has 10 aromatic carbocycles. The zero-order valence-electron chi connectivity index (χ0n) is 34.2. The van der Waals surface area contributed by atoms with Gasteiger partial charge in [-0.25, -0.2) is 0 Å². The first-order valence-corrected chi connectivity index (χ1v) is 20.7. The third-order valence-electron chi connectivity index (χ3n) is 12.4. The van der Waals surface area contributed by atoms with Crippen LogP contribution in [-0.2, 0) is 0 Å². The van der Waals surface area contributed by atoms with Crippen LogP contribution in [0.4, 0.5) is 34.1 Å². The molecule has 0 fully saturated rings. The maximum Gasteiger partial charge on any atom is 0.0543 e. The summed E-state index contributed by atoms with van der Waals surface area (Å²) in [5.74, 6) is 0.814. The van der Waals surface area contributed by atoms with Gasteiger partial charge in [-0.2, -0.15) is 0 Å². The van der Waals surface area contributed by atoms with E-state index in [9.17, 15) is 0 Å². The molecule has 0 heterocycles. The maximum absolute atomic E-state index is 2.51. The van der Waals surface area contributed by atoms with Gasteiger partial charge in [-0.3, -0.25) is 0 Å². The van der Waals surface area contributed by atoms with Crippen LogP contribution in [0, 0.1) is 13.8 Å². The van der Waals surface area contributed by atoms with Crippen LogP contribution >= 0.6 is 0 Å². The summed E-state index contributed by atoms with van der Waals surface area (Å²) in [6.45, 7) is 13.7. The predicted octanol–water partition coefficient (Wildman–Crippen LogP) is 16.7. The van der Waals surface area contributed by atoms with Crippen LogP contribution in [0.2, 0.25) is 0 Å². The predicted molar refractivity (Wildman–Crippen MR) is 252 cm³/mol. The van der Waals surface area contributed by atoms with Crippen molar-refractivity contribution in [1.29, 1.82) is 0 Å². The smallest absolute Gasteiger partial charge is 0.0543 e. The van der Waals surface area contributed by atoms with Crippen LogP contribution in [0.3, 0.4) is 0 Å². The highest BCUT2D eigenvalue weighted by atomic mass is 15.2. The second-order valence-corrected chi connectivity index (χ2v) is 16.7. The maximum atomic E-state index is 2.51. The number of hydrogen-bond acceptors (Lipinski definition) is 2. The molecule has 0 aromatic heterocycles. The molecule has 0 aliphatic heterocycles. The molecular weight excluding hydrogens is 701 g/mol. The Labute approximate surface area is 341 Å². The monoisotopic (exact) mass is 748 g/mol. The van der Waals surface area contributed by atoms with Crippen LogP contribution in [0.25, 0.3) is 53.9 Å². The SMILES string of the molecule is Cc1cc(N(c2cccc(C(C)C)c2)c2cccc3ccccc23)c2ccc3c(C)cc(N(c4cccc(C(C)C)c4)c4cccc5ccccc45)c4ccc1c2c34. The summed E-state index contributed by atoms with van der Waals surface area (Å²) in [5.41, 5.74) is 12.3. The quantitative estimate of drug-likeness (QED) is 0.143. The Morgan fingerprint density at radius 3 is 1.14 bits per heavy atom. The Morgan fingerprint density at radius 1 is 0.328 bits per heavy atom. The van der Waals surface area contributed by atoms with Gasteiger partial charge >= 0.3 is 0 Å². The van der Waals surface area contributed by atoms with Crippen LogP contribution in [0.1, 0.15) is 61.8 Å². The number of nitrogens with zero attached hydrogens (tertiary/aromatic N) is 2. The minimum Gasteiger partial charge on any atom is -0.309 e. The van der Waals surface area contributed by atoms with E-state index in [2.05, 4.69) is 221 Å². The van der Waals surface area contributed by atoms with Crippen LogP contribution in [0.5, 0.6) is 0 Å². The molecule has 0 saturated carbocycles. The highest BCUT2D eigenvalue weighted by molar-refractivity contribution is 6.29. The fourth-order valence-electron chi connectivity index (χ4n) is 9.34. The number of anilines is 6. The number of hydrogen-bond donors (Lipinski definition) is 0. The molecule has 0 aliphatic carbocycles. The molecular formula is C56H48N2. The summed E-state index contributed by atoms with van der Waals surface area (Å²) in [6.07, 6.45) is 0. The van der Waals surface area contributed by atoms with Crippen LogP contribution < -0.4 is 9.80 Å². The summed E-state index contributed by atoms with van der Waals surface area (Å²) in [6, 6.07) is 63.6. The number of rotatable bonds is 8. The molecule has 0 atom stereocenters. The highest BCUT2D eigenvalue weighted by Gasteiger charge is 2.25. The molecule has 0 aliphatic rings. The molecule has 0 N–H and O–H groups in total. The molecule has 10 rings (SSSR count). The van der Waals surface area contributed by atoms with Gasteiger partial charge in [0.15, 0.2) is 0 Å². The largest absolute Gasteiger partial charge is 0.309 e. The lowest BCUT2D eigenvalue weighted by atomic mass is 9.88. The van der Waals surface area contributed by atoms with E-state index in [0.717, 1.165) is 0 Å². The molecule has 2 heteroatoms. The van der Waals surface area contributed by atoms with Crippen molar-refractivity contribution in [3.63, 3.8) is 0 Å². The normalized spacial score (nSPS) is 11.9. The van der Waals surface area contributed by atoms with Crippen molar-refractivity contribution in [2.24, 2.45) is 0 Å². The first-order valence-electron chi connectivity index (χ1n) is 20.7. The van der Waals surface area contributed by atoms with Gasteiger partial charge in [0.1, 0.15) is 0 Å². The topological polar surface area (TPSA) is 6.48 Å². The summed E-state index contributed by atoms with van der Waals surface area (Å²) in [4.78, 5) is 5.03. The van der Waals surface area contributed by atoms with E-state index in [1.54, 1.807) is 0 Å². The van der Waals surface area contributed by atoms with E-state index >= 15 is 0 Å². The third-order valence-corrected chi connectivity index (χ3v) is 12.4. The molecule has 282 valence electrons. The molecule has 0 unspecified atom stereocenters. The van der Waals surface area contributed by atoms with Crippen molar-refractivity contribution < 1.29 is 0 Å². The average molecular weight is 749 g/mol. The minimum atomic E-state index is 0.407. The standard InChI is InChI=1S/C56H48N2/c1-35(2)41-19-11-21-43(33-41)57(51-25-13-17-39-15-7-9-23-47(39)51)53-31-37(5)45-28-30-50-54(32-38(6)46-27-29-49(53)55(45)56(46)50)58(44-22-12-20-42(34-44)36(3)4)52-26-14-18-40-16-8-10-24-48(40)52/h7-36H,1-6H3. The Bertz CT molecular complexity index is 2940. The van der Waals surface area contributed by atoms with Crippen molar-refractivity contribution in [2.75, 3.05) is 9.80 Å². The van der Waals surface area contributed by atoms with E-state index < -0.39 is 0 Å². The first kappa shape index (κ1) is 35.8. The average Bonchev–Trinajstić information content (AvgIpc) is 3.25. The second-order valence-electron chi connectivity index (χ2n) is 16.7. The van der Waals surface area contributed by atoms with Crippen LogP contribution in [-0.4, -0.2) is 0 Å².